The van der Waals surface area contributed by atoms with Gasteiger partial charge in [0.2, 0.25) is 0 Å². The van der Waals surface area contributed by atoms with Gasteiger partial charge in [-0.1, -0.05) is 42.5 Å². The number of para-hydroxylation sites is 2. The van der Waals surface area contributed by atoms with Crippen molar-refractivity contribution in [3.05, 3.63) is 94.9 Å². The first-order valence-corrected chi connectivity index (χ1v) is 11.3. The highest BCUT2D eigenvalue weighted by Crippen LogP contribution is 2.40. The molecule has 4 aromatic rings. The molecule has 2 heterocycles. The fourth-order valence-electron chi connectivity index (χ4n) is 3.91. The topological polar surface area (TPSA) is 102 Å². The second-order valence-corrected chi connectivity index (χ2v) is 8.62. The summed E-state index contributed by atoms with van der Waals surface area (Å²) < 4.78 is 0. The minimum absolute atomic E-state index is 0.0981. The summed E-state index contributed by atoms with van der Waals surface area (Å²) in [5.74, 6) is -1.41. The Balaban J connectivity index is 1.51. The number of anilines is 3. The van der Waals surface area contributed by atoms with Gasteiger partial charge in [0.1, 0.15) is 10.8 Å². The fourth-order valence-corrected chi connectivity index (χ4v) is 4.85. The van der Waals surface area contributed by atoms with Crippen LogP contribution in [0.15, 0.2) is 83.3 Å². The normalized spacial score (nSPS) is 13.9. The van der Waals surface area contributed by atoms with E-state index in [1.54, 1.807) is 35.2 Å². The number of aryl methyl sites for hydroxylation is 1. The minimum Gasteiger partial charge on any atom is -0.505 e. The second kappa shape index (κ2) is 8.49. The van der Waals surface area contributed by atoms with Crippen molar-refractivity contribution in [3.8, 4) is 16.9 Å². The van der Waals surface area contributed by atoms with Crippen LogP contribution in [-0.2, 0) is 4.79 Å². The number of nitrogens with one attached hydrogen (secondary N) is 1. The van der Waals surface area contributed by atoms with Gasteiger partial charge in [-0.25, -0.2) is 4.79 Å². The van der Waals surface area contributed by atoms with Crippen LogP contribution in [0.3, 0.4) is 0 Å². The Kier molecular flexibility index (Phi) is 5.35. The van der Waals surface area contributed by atoms with Gasteiger partial charge in [-0.2, -0.15) is 5.10 Å². The first-order valence-electron chi connectivity index (χ1n) is 10.4. The zero-order valence-electron chi connectivity index (χ0n) is 18.0. The van der Waals surface area contributed by atoms with Crippen molar-refractivity contribution in [2.24, 2.45) is 5.10 Å². The standard InChI is InChI=1S/C26H19N3O4S/c1-15-12-13-34-25(15)29-21-11-3-2-8-19(21)22(24(29)31)28-27-20-10-5-9-18(23(20)30)16-6-4-7-17(14-16)26(32)33/h2-14,27,30H,1H3,(H,32,33)/b28-22-. The molecular weight excluding hydrogens is 450 g/mol. The molecule has 0 saturated carbocycles. The molecule has 0 atom stereocenters. The van der Waals surface area contributed by atoms with Crippen LogP contribution in [0.2, 0.25) is 0 Å². The number of hydrazone groups is 1. The average molecular weight is 470 g/mol. The van der Waals surface area contributed by atoms with E-state index in [2.05, 4.69) is 10.5 Å². The lowest BCUT2D eigenvalue weighted by molar-refractivity contribution is -0.111. The largest absolute Gasteiger partial charge is 0.505 e. The summed E-state index contributed by atoms with van der Waals surface area (Å²) in [6, 6.07) is 20.8. The molecule has 7 nitrogen and oxygen atoms in total. The number of carbonyl (C=O) groups is 2. The Morgan fingerprint density at radius 2 is 1.76 bits per heavy atom. The molecule has 0 bridgehead atoms. The predicted octanol–water partition coefficient (Wildman–Crippen LogP) is 5.62. The van der Waals surface area contributed by atoms with Crippen molar-refractivity contribution in [2.75, 3.05) is 10.3 Å². The number of aromatic carboxylic acids is 1. The maximum Gasteiger partial charge on any atom is 0.335 e. The Morgan fingerprint density at radius 3 is 2.53 bits per heavy atom. The van der Waals surface area contributed by atoms with E-state index >= 15 is 0 Å². The Bertz CT molecular complexity index is 1470. The molecule has 0 saturated heterocycles. The number of fused-ring (bicyclic) bond motifs is 1. The lowest BCUT2D eigenvalue weighted by Crippen LogP contribution is -2.25. The summed E-state index contributed by atoms with van der Waals surface area (Å²) in [5, 5.41) is 27.3. The molecular formula is C26H19N3O4S. The first kappa shape index (κ1) is 21.4. The van der Waals surface area contributed by atoms with Crippen LogP contribution >= 0.6 is 11.3 Å². The number of thiophene rings is 1. The van der Waals surface area contributed by atoms with E-state index in [-0.39, 0.29) is 22.9 Å². The quantitative estimate of drug-likeness (QED) is 0.260. The highest BCUT2D eigenvalue weighted by Gasteiger charge is 2.36. The molecule has 5 rings (SSSR count). The first-order chi connectivity index (χ1) is 16.5. The van der Waals surface area contributed by atoms with Crippen LogP contribution < -0.4 is 10.3 Å². The number of carbonyl (C=O) groups excluding carboxylic acids is 1. The molecule has 3 aromatic carbocycles. The van der Waals surface area contributed by atoms with Crippen LogP contribution in [0.1, 0.15) is 21.5 Å². The van der Waals surface area contributed by atoms with Crippen LogP contribution in [-0.4, -0.2) is 27.8 Å². The number of aromatic hydroxyl groups is 1. The maximum atomic E-state index is 13.4. The fraction of sp³-hybridized carbons (Fsp3) is 0.0385. The molecule has 8 heteroatoms. The third kappa shape index (κ3) is 3.60. The Hall–Kier alpha value is -4.43. The SMILES string of the molecule is Cc1ccsc1N1C(=O)/C(=N\Nc2cccc(-c3cccc(C(=O)O)c3)c2O)c2ccccc21. The molecule has 0 spiro atoms. The van der Waals surface area contributed by atoms with E-state index in [0.29, 0.717) is 22.4 Å². The van der Waals surface area contributed by atoms with E-state index < -0.39 is 5.97 Å². The van der Waals surface area contributed by atoms with Gasteiger partial charge in [0.15, 0.2) is 5.71 Å². The van der Waals surface area contributed by atoms with Crippen molar-refractivity contribution in [2.45, 2.75) is 6.92 Å². The third-order valence-corrected chi connectivity index (χ3v) is 6.59. The number of carboxylic acid groups (broad SMARTS) is 1. The summed E-state index contributed by atoms with van der Waals surface area (Å²) in [7, 11) is 0. The third-order valence-electron chi connectivity index (χ3n) is 5.59. The highest BCUT2D eigenvalue weighted by atomic mass is 32.1. The summed E-state index contributed by atoms with van der Waals surface area (Å²) in [5.41, 5.74) is 6.92. The summed E-state index contributed by atoms with van der Waals surface area (Å²) in [6.45, 7) is 1.96. The van der Waals surface area contributed by atoms with Gasteiger partial charge in [-0.3, -0.25) is 15.1 Å². The molecule has 1 aromatic heterocycles. The van der Waals surface area contributed by atoms with Crippen molar-refractivity contribution in [1.82, 2.24) is 0 Å². The summed E-state index contributed by atoms with van der Waals surface area (Å²) in [4.78, 5) is 26.3. The van der Waals surface area contributed by atoms with Gasteiger partial charge >= 0.3 is 5.97 Å². The zero-order chi connectivity index (χ0) is 23.8. The smallest absolute Gasteiger partial charge is 0.335 e. The lowest BCUT2D eigenvalue weighted by atomic mass is 10.0. The van der Waals surface area contributed by atoms with Crippen LogP contribution in [0.4, 0.5) is 16.4 Å². The van der Waals surface area contributed by atoms with E-state index in [4.69, 9.17) is 0 Å². The van der Waals surface area contributed by atoms with Crippen molar-refractivity contribution < 1.29 is 19.8 Å². The summed E-state index contributed by atoms with van der Waals surface area (Å²) in [6.07, 6.45) is 0. The van der Waals surface area contributed by atoms with Gasteiger partial charge in [0.25, 0.3) is 5.91 Å². The van der Waals surface area contributed by atoms with Crippen molar-refractivity contribution in [3.63, 3.8) is 0 Å². The number of phenols is 1. The molecule has 0 fully saturated rings. The molecule has 168 valence electrons. The van der Waals surface area contributed by atoms with E-state index in [1.165, 1.54) is 23.5 Å². The van der Waals surface area contributed by atoms with Gasteiger partial charge in [-0.05, 0) is 53.8 Å². The minimum atomic E-state index is -1.05. The summed E-state index contributed by atoms with van der Waals surface area (Å²) >= 11 is 1.48. The van der Waals surface area contributed by atoms with Crippen LogP contribution in [0.25, 0.3) is 11.1 Å². The maximum absolute atomic E-state index is 13.4. The van der Waals surface area contributed by atoms with Crippen LogP contribution in [0, 0.1) is 6.92 Å². The molecule has 1 amide bonds. The number of benzene rings is 3. The molecule has 0 aliphatic carbocycles. The predicted molar refractivity (Wildman–Crippen MR) is 133 cm³/mol. The molecule has 1 aliphatic heterocycles. The zero-order valence-corrected chi connectivity index (χ0v) is 18.8. The van der Waals surface area contributed by atoms with Gasteiger partial charge in [0.05, 0.1) is 16.9 Å². The van der Waals surface area contributed by atoms with Crippen LogP contribution in [0.5, 0.6) is 5.75 Å². The monoisotopic (exact) mass is 469 g/mol. The van der Waals surface area contributed by atoms with Gasteiger partial charge < -0.3 is 10.2 Å². The number of amides is 1. The molecule has 0 unspecified atom stereocenters. The number of phenolic OH excluding ortho intramolecular Hbond substituents is 1. The Labute approximate surface area is 199 Å². The number of carboxylic acids is 1. The Morgan fingerprint density at radius 1 is 1.00 bits per heavy atom. The second-order valence-electron chi connectivity index (χ2n) is 7.73. The average Bonchev–Trinajstić information content (AvgIpc) is 3.38. The van der Waals surface area contributed by atoms with Gasteiger partial charge in [0, 0.05) is 11.1 Å². The van der Waals surface area contributed by atoms with E-state index in [1.807, 2.05) is 42.6 Å². The molecule has 0 radical (unpaired) electrons. The van der Waals surface area contributed by atoms with E-state index in [9.17, 15) is 19.8 Å². The molecule has 3 N–H and O–H groups in total. The number of hydrogen-bond donors (Lipinski definition) is 3. The highest BCUT2D eigenvalue weighted by molar-refractivity contribution is 7.14. The number of rotatable bonds is 5. The van der Waals surface area contributed by atoms with Crippen molar-refractivity contribution >= 4 is 45.3 Å². The van der Waals surface area contributed by atoms with E-state index in [0.717, 1.165) is 16.3 Å². The molecule has 1 aliphatic rings. The number of hydrogen-bond acceptors (Lipinski definition) is 6. The van der Waals surface area contributed by atoms with Gasteiger partial charge in [-0.15, -0.1) is 11.3 Å². The van der Waals surface area contributed by atoms with Crippen molar-refractivity contribution in [1.29, 1.82) is 0 Å². The lowest BCUT2D eigenvalue weighted by Gasteiger charge is -2.15. The molecule has 34 heavy (non-hydrogen) atoms. The number of nitrogens with zero attached hydrogens (tertiary/aromatic N) is 2.